The number of carbonyl (C=O) groups excluding carboxylic acids is 3. The number of amides is 2. The predicted molar refractivity (Wildman–Crippen MR) is 124 cm³/mol. The third kappa shape index (κ3) is 5.37. The van der Waals surface area contributed by atoms with E-state index in [1.807, 2.05) is 0 Å². The van der Waals surface area contributed by atoms with Crippen molar-refractivity contribution in [3.63, 3.8) is 0 Å². The zero-order valence-electron chi connectivity index (χ0n) is 18.9. The Labute approximate surface area is 192 Å². The van der Waals surface area contributed by atoms with E-state index in [2.05, 4.69) is 10.6 Å². The Morgan fingerprint density at radius 2 is 1.84 bits per heavy atom. The molecule has 32 heavy (non-hydrogen) atoms. The number of likely N-dealkylation sites (tertiary alicyclic amines) is 1. The first-order valence-corrected chi connectivity index (χ1v) is 12.1. The molecule has 0 unspecified atom stereocenters. The minimum absolute atomic E-state index is 0. The van der Waals surface area contributed by atoms with Crippen LogP contribution in [0.25, 0.3) is 0 Å². The molecule has 1 aromatic carbocycles. The average molecular weight is 448 g/mol. The Bertz CT molecular complexity index is 869. The molecule has 3 fully saturated rings. The molecule has 2 N–H and O–H groups in total. The zero-order valence-corrected chi connectivity index (χ0v) is 18.9. The smallest absolute Gasteiger partial charge is 0.254 e. The van der Waals surface area contributed by atoms with Crippen LogP contribution in [0.15, 0.2) is 18.2 Å². The lowest BCUT2D eigenvalue weighted by atomic mass is 9.81. The van der Waals surface area contributed by atoms with Crippen molar-refractivity contribution in [3.8, 4) is 0 Å². The summed E-state index contributed by atoms with van der Waals surface area (Å²) >= 11 is 0. The van der Waals surface area contributed by atoms with Crippen LogP contribution in [0.2, 0.25) is 0 Å². The van der Waals surface area contributed by atoms with Crippen molar-refractivity contribution in [3.05, 3.63) is 35.1 Å². The molecular weight excluding hydrogens is 409 g/mol. The number of nitrogens with zero attached hydrogens (tertiary/aromatic N) is 1. The van der Waals surface area contributed by atoms with Gasteiger partial charge in [0.25, 0.3) is 5.91 Å². The van der Waals surface area contributed by atoms with E-state index >= 15 is 0 Å². The Balaban J connectivity index is 0.00000204. The lowest BCUT2D eigenvalue weighted by Gasteiger charge is -2.40. The van der Waals surface area contributed by atoms with Crippen molar-refractivity contribution in [1.29, 1.82) is 0 Å². The molecule has 178 valence electrons. The van der Waals surface area contributed by atoms with Crippen LogP contribution >= 0.6 is 0 Å². The summed E-state index contributed by atoms with van der Waals surface area (Å²) in [6.45, 7) is 3.32. The van der Waals surface area contributed by atoms with Crippen LogP contribution in [0.4, 0.5) is 4.39 Å². The maximum Gasteiger partial charge on any atom is 0.254 e. The maximum absolute atomic E-state index is 14.5. The highest BCUT2D eigenvalue weighted by atomic mass is 19.1. The summed E-state index contributed by atoms with van der Waals surface area (Å²) < 4.78 is 14.5. The first-order chi connectivity index (χ1) is 15.5. The molecule has 1 aliphatic heterocycles. The number of nitrogens with one attached hydrogen (secondary N) is 2. The normalized spacial score (nSPS) is 20.5. The van der Waals surface area contributed by atoms with Gasteiger partial charge in [-0.15, -0.1) is 0 Å². The summed E-state index contributed by atoms with van der Waals surface area (Å²) in [6, 6.07) is 4.55. The van der Waals surface area contributed by atoms with E-state index in [1.54, 1.807) is 24.0 Å². The van der Waals surface area contributed by atoms with Crippen molar-refractivity contribution >= 4 is 17.6 Å². The van der Waals surface area contributed by atoms with Gasteiger partial charge in [0.2, 0.25) is 5.91 Å². The van der Waals surface area contributed by atoms with Crippen molar-refractivity contribution in [2.75, 3.05) is 19.6 Å². The summed E-state index contributed by atoms with van der Waals surface area (Å²) in [4.78, 5) is 39.5. The molecule has 4 rings (SSSR count). The van der Waals surface area contributed by atoms with Crippen LogP contribution in [0.1, 0.15) is 83.0 Å². The monoisotopic (exact) mass is 447 g/mol. The Morgan fingerprint density at radius 1 is 1.12 bits per heavy atom. The number of carbonyl (C=O) groups is 3. The highest BCUT2D eigenvalue weighted by molar-refractivity contribution is 5.98. The molecule has 7 heteroatoms. The molecule has 0 bridgehead atoms. The van der Waals surface area contributed by atoms with Gasteiger partial charge in [0.05, 0.1) is 18.2 Å². The fourth-order valence-corrected chi connectivity index (χ4v) is 4.86. The highest BCUT2D eigenvalue weighted by Gasteiger charge is 2.34. The molecule has 0 radical (unpaired) electrons. The summed E-state index contributed by atoms with van der Waals surface area (Å²) in [7, 11) is 0. The first kappa shape index (κ1) is 22.9. The zero-order chi connectivity index (χ0) is 22.7. The van der Waals surface area contributed by atoms with Crippen LogP contribution in [-0.4, -0.2) is 54.2 Å². The van der Waals surface area contributed by atoms with Crippen LogP contribution in [0.3, 0.4) is 0 Å². The quantitative estimate of drug-likeness (QED) is 0.606. The predicted octanol–water partition coefficient (Wildman–Crippen LogP) is 3.65. The van der Waals surface area contributed by atoms with Crippen LogP contribution in [0.5, 0.6) is 0 Å². The minimum atomic E-state index is -0.585. The SMILES string of the molecule is CCC(=O)[C@H](NC(=O)c1cc(C2CN(C(=O)CNC3CC3)C2)ccc1F)C1CCCCC1.[HH].[HH]. The van der Waals surface area contributed by atoms with Crippen LogP contribution in [0, 0.1) is 11.7 Å². The lowest BCUT2D eigenvalue weighted by molar-refractivity contribution is -0.134. The number of benzene rings is 1. The van der Waals surface area contributed by atoms with E-state index in [0.29, 0.717) is 32.1 Å². The minimum Gasteiger partial charge on any atom is -0.342 e. The fourth-order valence-electron chi connectivity index (χ4n) is 4.86. The van der Waals surface area contributed by atoms with Crippen molar-refractivity contribution in [2.24, 2.45) is 5.92 Å². The molecule has 1 atom stereocenters. The summed E-state index contributed by atoms with van der Waals surface area (Å²) in [5.41, 5.74) is 0.833. The molecule has 0 aromatic heterocycles. The van der Waals surface area contributed by atoms with E-state index in [-0.39, 0.29) is 31.9 Å². The number of rotatable bonds is 9. The van der Waals surface area contributed by atoms with Crippen molar-refractivity contribution in [2.45, 2.75) is 76.3 Å². The van der Waals surface area contributed by atoms with Gasteiger partial charge in [0.15, 0.2) is 5.78 Å². The molecule has 1 aromatic rings. The molecule has 0 spiro atoms. The van der Waals surface area contributed by atoms with E-state index in [0.717, 1.165) is 50.5 Å². The fraction of sp³-hybridized carbons (Fsp3) is 0.640. The van der Waals surface area contributed by atoms with E-state index < -0.39 is 17.8 Å². The molecule has 1 heterocycles. The van der Waals surface area contributed by atoms with Gasteiger partial charge in [-0.1, -0.05) is 32.3 Å². The number of hydrogen-bond donors (Lipinski definition) is 2. The van der Waals surface area contributed by atoms with Crippen molar-refractivity contribution < 1.29 is 21.6 Å². The molecular formula is C25H38FN3O3. The number of Topliss-reactive ketones (excluding diaryl/α,β-unsaturated/α-hetero) is 1. The molecule has 6 nitrogen and oxygen atoms in total. The molecule has 1 saturated heterocycles. The summed E-state index contributed by atoms with van der Waals surface area (Å²) in [5.74, 6) is -0.794. The Kier molecular flexibility index (Phi) is 7.23. The number of ketones is 1. The Morgan fingerprint density at radius 3 is 2.50 bits per heavy atom. The molecule has 3 aliphatic rings. The number of hydrogen-bond acceptors (Lipinski definition) is 4. The average Bonchev–Trinajstić information content (AvgIpc) is 3.60. The molecule has 2 aliphatic carbocycles. The van der Waals surface area contributed by atoms with Gasteiger partial charge in [0, 0.05) is 34.3 Å². The summed E-state index contributed by atoms with van der Waals surface area (Å²) in [5, 5.41) is 6.08. The number of halogens is 1. The van der Waals surface area contributed by atoms with E-state index in [1.165, 1.54) is 6.07 Å². The van der Waals surface area contributed by atoms with Gasteiger partial charge in [-0.2, -0.15) is 0 Å². The topological polar surface area (TPSA) is 78.5 Å². The first-order valence-electron chi connectivity index (χ1n) is 12.1. The third-order valence-electron chi connectivity index (χ3n) is 7.16. The lowest BCUT2D eigenvalue weighted by Crippen LogP contribution is -2.51. The van der Waals surface area contributed by atoms with Gasteiger partial charge in [-0.05, 0) is 49.3 Å². The second kappa shape index (κ2) is 10.1. The summed E-state index contributed by atoms with van der Waals surface area (Å²) in [6.07, 6.45) is 7.75. The van der Waals surface area contributed by atoms with E-state index in [9.17, 15) is 18.8 Å². The second-order valence-electron chi connectivity index (χ2n) is 9.56. The van der Waals surface area contributed by atoms with Gasteiger partial charge in [-0.3, -0.25) is 14.4 Å². The highest BCUT2D eigenvalue weighted by Crippen LogP contribution is 2.30. The maximum atomic E-state index is 14.5. The van der Waals surface area contributed by atoms with Crippen molar-refractivity contribution in [1.82, 2.24) is 15.5 Å². The Hall–Kier alpha value is -2.28. The van der Waals surface area contributed by atoms with Gasteiger partial charge in [-0.25, -0.2) is 4.39 Å². The van der Waals surface area contributed by atoms with Crippen LogP contribution in [-0.2, 0) is 9.59 Å². The second-order valence-corrected chi connectivity index (χ2v) is 9.56. The van der Waals surface area contributed by atoms with Gasteiger partial charge >= 0.3 is 0 Å². The third-order valence-corrected chi connectivity index (χ3v) is 7.16. The van der Waals surface area contributed by atoms with Gasteiger partial charge in [0.1, 0.15) is 5.82 Å². The molecule has 2 amide bonds. The molecule has 2 saturated carbocycles. The van der Waals surface area contributed by atoms with Gasteiger partial charge < -0.3 is 15.5 Å². The standard InChI is InChI=1S/C25H34FN3O3.2H2/c1-2-22(30)24(16-6-4-3-5-7-16)28-25(32)20-12-17(8-11-21(20)26)18-14-29(15-18)23(31)13-27-19-9-10-19;;/h8,11-12,16,18-19,24,27H,2-7,9-10,13-15H2,1H3,(H,28,32);2*1H/t24-;;/m1../s1. The van der Waals surface area contributed by atoms with E-state index in [4.69, 9.17) is 0 Å². The van der Waals surface area contributed by atoms with Crippen LogP contribution < -0.4 is 10.6 Å². The largest absolute Gasteiger partial charge is 0.342 e.